The molecule has 130 valence electrons. The standard InChI is InChI=1S/C16H20N2O5S/c19-15(6-8-18-7-3-9-24(18,22)23)17-10-12-4-1-2-5-13(12)14(11-17)16(20)21/h1-2,4-5,14H,3,6-11H2,(H,20,21). The molecule has 2 aliphatic rings. The molecular formula is C16H20N2O5S. The van der Waals surface area contributed by atoms with E-state index in [0.717, 1.165) is 11.1 Å². The van der Waals surface area contributed by atoms with Crippen LogP contribution in [-0.2, 0) is 26.2 Å². The summed E-state index contributed by atoms with van der Waals surface area (Å²) in [7, 11) is -3.22. The van der Waals surface area contributed by atoms with Gasteiger partial charge in [0.05, 0.1) is 11.7 Å². The van der Waals surface area contributed by atoms with Crippen LogP contribution in [-0.4, -0.2) is 60.0 Å². The van der Waals surface area contributed by atoms with Gasteiger partial charge < -0.3 is 10.0 Å². The van der Waals surface area contributed by atoms with Gasteiger partial charge in [-0.15, -0.1) is 0 Å². The topological polar surface area (TPSA) is 95.0 Å². The first-order valence-electron chi connectivity index (χ1n) is 7.95. The first-order chi connectivity index (χ1) is 11.4. The molecule has 24 heavy (non-hydrogen) atoms. The van der Waals surface area contributed by atoms with Crippen LogP contribution < -0.4 is 0 Å². The molecule has 0 aromatic heterocycles. The summed E-state index contributed by atoms with van der Waals surface area (Å²) in [5.74, 6) is -1.77. The lowest BCUT2D eigenvalue weighted by Crippen LogP contribution is -2.41. The molecule has 3 rings (SSSR count). The predicted molar refractivity (Wildman–Crippen MR) is 86.8 cm³/mol. The van der Waals surface area contributed by atoms with Gasteiger partial charge in [-0.25, -0.2) is 12.7 Å². The van der Waals surface area contributed by atoms with Crippen LogP contribution in [0.25, 0.3) is 0 Å². The van der Waals surface area contributed by atoms with E-state index >= 15 is 0 Å². The summed E-state index contributed by atoms with van der Waals surface area (Å²) in [4.78, 5) is 25.5. The normalized spacial score (nSPS) is 23.0. The number of carbonyl (C=O) groups is 2. The number of carboxylic acids is 1. The van der Waals surface area contributed by atoms with E-state index in [1.54, 1.807) is 12.1 Å². The molecule has 2 aliphatic heterocycles. The number of hydrogen-bond acceptors (Lipinski definition) is 4. The summed E-state index contributed by atoms with van der Waals surface area (Å²) < 4.78 is 24.9. The first-order valence-corrected chi connectivity index (χ1v) is 9.55. The van der Waals surface area contributed by atoms with Crippen molar-refractivity contribution < 1.29 is 23.1 Å². The SMILES string of the molecule is O=C(O)C1CN(C(=O)CCN2CCCS2(=O)=O)Cc2ccccc21. The Morgan fingerprint density at radius 1 is 1.25 bits per heavy atom. The van der Waals surface area contributed by atoms with Crippen LogP contribution in [0.15, 0.2) is 24.3 Å². The maximum atomic E-state index is 12.5. The summed E-state index contributed by atoms with van der Waals surface area (Å²) in [5, 5.41) is 9.43. The Labute approximate surface area is 140 Å². The molecule has 1 saturated heterocycles. The molecule has 1 amide bonds. The van der Waals surface area contributed by atoms with Crippen molar-refractivity contribution in [2.75, 3.05) is 25.4 Å². The van der Waals surface area contributed by atoms with Gasteiger partial charge in [0.2, 0.25) is 15.9 Å². The van der Waals surface area contributed by atoms with E-state index in [0.29, 0.717) is 19.5 Å². The van der Waals surface area contributed by atoms with Crippen molar-refractivity contribution >= 4 is 21.9 Å². The minimum atomic E-state index is -3.22. The van der Waals surface area contributed by atoms with Crippen molar-refractivity contribution in [1.29, 1.82) is 0 Å². The zero-order chi connectivity index (χ0) is 17.3. The number of carboxylic acid groups (broad SMARTS) is 1. The van der Waals surface area contributed by atoms with E-state index in [4.69, 9.17) is 0 Å². The molecule has 2 heterocycles. The number of benzene rings is 1. The quantitative estimate of drug-likeness (QED) is 0.857. The maximum absolute atomic E-state index is 12.5. The first kappa shape index (κ1) is 16.9. The average molecular weight is 352 g/mol. The fraction of sp³-hybridized carbons (Fsp3) is 0.500. The third kappa shape index (κ3) is 3.29. The van der Waals surface area contributed by atoms with E-state index in [-0.39, 0.29) is 31.2 Å². The second-order valence-electron chi connectivity index (χ2n) is 6.18. The number of amides is 1. The van der Waals surface area contributed by atoms with Gasteiger partial charge >= 0.3 is 5.97 Å². The highest BCUT2D eigenvalue weighted by Gasteiger charge is 2.33. The Hall–Kier alpha value is -1.93. The highest BCUT2D eigenvalue weighted by molar-refractivity contribution is 7.89. The second-order valence-corrected chi connectivity index (χ2v) is 8.27. The largest absolute Gasteiger partial charge is 0.481 e. The summed E-state index contributed by atoms with van der Waals surface area (Å²) >= 11 is 0. The summed E-state index contributed by atoms with van der Waals surface area (Å²) in [6, 6.07) is 7.23. The molecular weight excluding hydrogens is 332 g/mol. The minimum Gasteiger partial charge on any atom is -0.481 e. The molecule has 1 aromatic rings. The van der Waals surface area contributed by atoms with E-state index in [2.05, 4.69) is 0 Å². The van der Waals surface area contributed by atoms with Gasteiger partial charge in [0.25, 0.3) is 0 Å². The zero-order valence-electron chi connectivity index (χ0n) is 13.2. The van der Waals surface area contributed by atoms with Crippen molar-refractivity contribution in [3.8, 4) is 0 Å². The van der Waals surface area contributed by atoms with Crippen LogP contribution in [0.1, 0.15) is 29.9 Å². The second kappa shape index (κ2) is 6.52. The number of aliphatic carboxylic acids is 1. The molecule has 1 fully saturated rings. The van der Waals surface area contributed by atoms with Crippen LogP contribution >= 0.6 is 0 Å². The molecule has 0 radical (unpaired) electrons. The van der Waals surface area contributed by atoms with Gasteiger partial charge in [-0.3, -0.25) is 9.59 Å². The van der Waals surface area contributed by atoms with Crippen molar-refractivity contribution in [2.24, 2.45) is 0 Å². The van der Waals surface area contributed by atoms with Gasteiger partial charge in [0, 0.05) is 32.6 Å². The summed E-state index contributed by atoms with van der Waals surface area (Å²) in [5.41, 5.74) is 1.58. The molecule has 1 atom stereocenters. The van der Waals surface area contributed by atoms with Crippen LogP contribution in [0.4, 0.5) is 0 Å². The number of nitrogens with zero attached hydrogens (tertiary/aromatic N) is 2. The lowest BCUT2D eigenvalue weighted by atomic mass is 9.89. The highest BCUT2D eigenvalue weighted by atomic mass is 32.2. The molecule has 1 unspecified atom stereocenters. The monoisotopic (exact) mass is 352 g/mol. The number of hydrogen-bond donors (Lipinski definition) is 1. The lowest BCUT2D eigenvalue weighted by Gasteiger charge is -2.33. The molecule has 0 saturated carbocycles. The van der Waals surface area contributed by atoms with Gasteiger partial charge in [0.1, 0.15) is 0 Å². The van der Waals surface area contributed by atoms with E-state index in [1.165, 1.54) is 9.21 Å². The van der Waals surface area contributed by atoms with Gasteiger partial charge in [0.15, 0.2) is 0 Å². The van der Waals surface area contributed by atoms with E-state index in [9.17, 15) is 23.1 Å². The summed E-state index contributed by atoms with van der Waals surface area (Å²) in [6.45, 7) is 1.11. The third-order valence-corrected chi connectivity index (χ3v) is 6.58. The Morgan fingerprint density at radius 2 is 2.00 bits per heavy atom. The molecule has 0 spiro atoms. The molecule has 8 heteroatoms. The van der Waals surface area contributed by atoms with Crippen molar-refractivity contribution in [2.45, 2.75) is 25.3 Å². The van der Waals surface area contributed by atoms with E-state index < -0.39 is 21.9 Å². The maximum Gasteiger partial charge on any atom is 0.312 e. The average Bonchev–Trinajstić information content (AvgIpc) is 2.89. The van der Waals surface area contributed by atoms with Gasteiger partial charge in [-0.1, -0.05) is 24.3 Å². The van der Waals surface area contributed by atoms with Gasteiger partial charge in [-0.2, -0.15) is 0 Å². The lowest BCUT2D eigenvalue weighted by molar-refractivity contribution is -0.141. The molecule has 1 aromatic carbocycles. The Kier molecular flexibility index (Phi) is 4.60. The smallest absolute Gasteiger partial charge is 0.312 e. The van der Waals surface area contributed by atoms with Gasteiger partial charge in [-0.05, 0) is 17.5 Å². The molecule has 0 bridgehead atoms. The number of sulfonamides is 1. The molecule has 1 N–H and O–H groups in total. The predicted octanol–water partition coefficient (Wildman–Crippen LogP) is 0.623. The van der Waals surface area contributed by atoms with Crippen molar-refractivity contribution in [1.82, 2.24) is 9.21 Å². The Balaban J connectivity index is 1.69. The number of rotatable bonds is 4. The van der Waals surface area contributed by atoms with Crippen LogP contribution in [0.2, 0.25) is 0 Å². The molecule has 7 nitrogen and oxygen atoms in total. The highest BCUT2D eigenvalue weighted by Crippen LogP contribution is 2.29. The molecule has 0 aliphatic carbocycles. The minimum absolute atomic E-state index is 0.0771. The third-order valence-electron chi connectivity index (χ3n) is 4.62. The van der Waals surface area contributed by atoms with Crippen molar-refractivity contribution in [3.63, 3.8) is 0 Å². The zero-order valence-corrected chi connectivity index (χ0v) is 14.0. The van der Waals surface area contributed by atoms with Crippen molar-refractivity contribution in [3.05, 3.63) is 35.4 Å². The summed E-state index contributed by atoms with van der Waals surface area (Å²) in [6.07, 6.45) is 0.669. The van der Waals surface area contributed by atoms with Crippen LogP contribution in [0, 0.1) is 0 Å². The number of carbonyl (C=O) groups excluding carboxylic acids is 1. The van der Waals surface area contributed by atoms with Crippen LogP contribution in [0.5, 0.6) is 0 Å². The van der Waals surface area contributed by atoms with Crippen LogP contribution in [0.3, 0.4) is 0 Å². The van der Waals surface area contributed by atoms with E-state index in [1.807, 2.05) is 12.1 Å². The fourth-order valence-corrected chi connectivity index (χ4v) is 4.86. The fourth-order valence-electron chi connectivity index (χ4n) is 3.33. The Morgan fingerprint density at radius 3 is 2.67 bits per heavy atom. The number of fused-ring (bicyclic) bond motifs is 1. The Bertz CT molecular complexity index is 761.